The SMILES string of the molecule is CC/C=C\C(CC)C(CC)C1CCCCC1C1CCCC1C. The predicted octanol–water partition coefficient (Wildman–Crippen LogP) is 7.25. The van der Waals surface area contributed by atoms with Gasteiger partial charge in [-0.15, -0.1) is 0 Å². The summed E-state index contributed by atoms with van der Waals surface area (Å²) in [5.41, 5.74) is 0. The van der Waals surface area contributed by atoms with Crippen LogP contribution in [-0.2, 0) is 0 Å². The minimum atomic E-state index is 0.826. The summed E-state index contributed by atoms with van der Waals surface area (Å²) in [6.07, 6.45) is 19.5. The van der Waals surface area contributed by atoms with Crippen molar-refractivity contribution >= 4 is 0 Å². The Morgan fingerprint density at radius 1 is 0.864 bits per heavy atom. The van der Waals surface area contributed by atoms with Gasteiger partial charge in [-0.2, -0.15) is 0 Å². The van der Waals surface area contributed by atoms with Crippen LogP contribution in [0.4, 0.5) is 0 Å². The van der Waals surface area contributed by atoms with E-state index < -0.39 is 0 Å². The van der Waals surface area contributed by atoms with Crippen molar-refractivity contribution in [3.05, 3.63) is 12.2 Å². The van der Waals surface area contributed by atoms with Gasteiger partial charge < -0.3 is 0 Å². The fourth-order valence-electron chi connectivity index (χ4n) is 5.88. The van der Waals surface area contributed by atoms with E-state index in [1.807, 2.05) is 0 Å². The molecule has 0 aliphatic heterocycles. The zero-order chi connectivity index (χ0) is 15.9. The summed E-state index contributed by atoms with van der Waals surface area (Å²) in [5, 5.41) is 0. The van der Waals surface area contributed by atoms with Crippen molar-refractivity contribution in [1.82, 2.24) is 0 Å². The lowest BCUT2D eigenvalue weighted by Gasteiger charge is -2.43. The normalized spacial score (nSPS) is 35.8. The highest BCUT2D eigenvalue weighted by molar-refractivity contribution is 4.96. The molecule has 0 nitrogen and oxygen atoms in total. The van der Waals surface area contributed by atoms with Crippen LogP contribution < -0.4 is 0 Å². The molecule has 0 amide bonds. The van der Waals surface area contributed by atoms with Crippen molar-refractivity contribution in [2.45, 2.75) is 91.9 Å². The first-order valence-corrected chi connectivity index (χ1v) is 10.4. The molecule has 2 fully saturated rings. The molecular formula is C22H40. The first-order valence-electron chi connectivity index (χ1n) is 10.4. The Labute approximate surface area is 140 Å². The minimum absolute atomic E-state index is 0.826. The summed E-state index contributed by atoms with van der Waals surface area (Å²) >= 11 is 0. The van der Waals surface area contributed by atoms with Crippen molar-refractivity contribution in [1.29, 1.82) is 0 Å². The van der Waals surface area contributed by atoms with Gasteiger partial charge in [0.15, 0.2) is 0 Å². The Bertz CT molecular complexity index is 329. The molecule has 22 heavy (non-hydrogen) atoms. The molecule has 0 aromatic heterocycles. The van der Waals surface area contributed by atoms with Gasteiger partial charge in [0.05, 0.1) is 0 Å². The van der Waals surface area contributed by atoms with Gasteiger partial charge in [0, 0.05) is 0 Å². The maximum Gasteiger partial charge on any atom is -0.0205 e. The summed E-state index contributed by atoms with van der Waals surface area (Å²) in [6.45, 7) is 9.67. The molecule has 0 heteroatoms. The van der Waals surface area contributed by atoms with Gasteiger partial charge in [-0.3, -0.25) is 0 Å². The highest BCUT2D eigenvalue weighted by Gasteiger charge is 2.40. The Kier molecular flexibility index (Phi) is 7.51. The van der Waals surface area contributed by atoms with E-state index in [-0.39, 0.29) is 0 Å². The van der Waals surface area contributed by atoms with Crippen molar-refractivity contribution in [3.8, 4) is 0 Å². The van der Waals surface area contributed by atoms with E-state index in [1.54, 1.807) is 0 Å². The van der Waals surface area contributed by atoms with Crippen LogP contribution in [0.15, 0.2) is 12.2 Å². The van der Waals surface area contributed by atoms with Crippen LogP contribution in [0.1, 0.15) is 91.9 Å². The maximum absolute atomic E-state index is 2.57. The number of hydrogen-bond acceptors (Lipinski definition) is 0. The molecule has 0 aromatic carbocycles. The Balaban J connectivity index is 2.14. The van der Waals surface area contributed by atoms with E-state index >= 15 is 0 Å². The van der Waals surface area contributed by atoms with E-state index in [1.165, 1.54) is 64.2 Å². The second-order valence-corrected chi connectivity index (χ2v) is 8.16. The number of rotatable bonds is 7. The molecular weight excluding hydrogens is 264 g/mol. The number of allylic oxidation sites excluding steroid dienone is 2. The molecule has 6 unspecified atom stereocenters. The van der Waals surface area contributed by atoms with Gasteiger partial charge in [0.2, 0.25) is 0 Å². The highest BCUT2D eigenvalue weighted by atomic mass is 14.5. The second kappa shape index (κ2) is 9.14. The summed E-state index contributed by atoms with van der Waals surface area (Å²) < 4.78 is 0. The lowest BCUT2D eigenvalue weighted by atomic mass is 9.62. The Hall–Kier alpha value is -0.260. The molecule has 0 bridgehead atoms. The average Bonchev–Trinajstić information content (AvgIpc) is 2.97. The van der Waals surface area contributed by atoms with Crippen molar-refractivity contribution < 1.29 is 0 Å². The molecule has 0 heterocycles. The summed E-state index contributed by atoms with van der Waals surface area (Å²) in [7, 11) is 0. The zero-order valence-electron chi connectivity index (χ0n) is 15.7. The molecule has 0 spiro atoms. The molecule has 0 N–H and O–H groups in total. The average molecular weight is 305 g/mol. The molecule has 6 atom stereocenters. The standard InChI is InChI=1S/C22H40/c1-5-8-13-18(6-2)19(7-3)21-14-9-10-15-22(21)20-16-11-12-17(20)4/h8,13,17-22H,5-7,9-12,14-16H2,1-4H3/b13-8-. The van der Waals surface area contributed by atoms with Gasteiger partial charge >= 0.3 is 0 Å². The first kappa shape index (κ1) is 18.1. The molecule has 0 radical (unpaired) electrons. The highest BCUT2D eigenvalue weighted by Crippen LogP contribution is 2.49. The van der Waals surface area contributed by atoms with Crippen LogP contribution in [0.25, 0.3) is 0 Å². The smallest absolute Gasteiger partial charge is 0.0205 e. The number of hydrogen-bond donors (Lipinski definition) is 0. The summed E-state index contributed by atoms with van der Waals surface area (Å²) in [6, 6.07) is 0. The van der Waals surface area contributed by atoms with Gasteiger partial charge in [-0.05, 0) is 67.6 Å². The van der Waals surface area contributed by atoms with Crippen LogP contribution in [0.2, 0.25) is 0 Å². The van der Waals surface area contributed by atoms with Crippen LogP contribution in [-0.4, -0.2) is 0 Å². The molecule has 2 saturated carbocycles. The molecule has 2 aliphatic carbocycles. The van der Waals surface area contributed by atoms with Crippen LogP contribution in [0, 0.1) is 35.5 Å². The van der Waals surface area contributed by atoms with Crippen LogP contribution in [0.5, 0.6) is 0 Å². The van der Waals surface area contributed by atoms with Gasteiger partial charge in [0.1, 0.15) is 0 Å². The van der Waals surface area contributed by atoms with E-state index in [0.717, 1.165) is 35.5 Å². The van der Waals surface area contributed by atoms with E-state index in [0.29, 0.717) is 0 Å². The van der Waals surface area contributed by atoms with Gasteiger partial charge in [0.25, 0.3) is 0 Å². The molecule has 0 saturated heterocycles. The maximum atomic E-state index is 2.57. The van der Waals surface area contributed by atoms with Crippen molar-refractivity contribution in [2.75, 3.05) is 0 Å². The van der Waals surface area contributed by atoms with E-state index in [2.05, 4.69) is 39.8 Å². The van der Waals surface area contributed by atoms with Crippen molar-refractivity contribution in [3.63, 3.8) is 0 Å². The fraction of sp³-hybridized carbons (Fsp3) is 0.909. The molecule has 0 aromatic rings. The Morgan fingerprint density at radius 3 is 2.18 bits per heavy atom. The quantitative estimate of drug-likeness (QED) is 0.434. The molecule has 2 aliphatic rings. The van der Waals surface area contributed by atoms with Crippen molar-refractivity contribution in [2.24, 2.45) is 35.5 Å². The van der Waals surface area contributed by atoms with Crippen LogP contribution in [0.3, 0.4) is 0 Å². The third kappa shape index (κ3) is 4.18. The fourth-order valence-corrected chi connectivity index (χ4v) is 5.88. The van der Waals surface area contributed by atoms with Crippen LogP contribution >= 0.6 is 0 Å². The predicted molar refractivity (Wildman–Crippen MR) is 98.9 cm³/mol. The summed E-state index contributed by atoms with van der Waals surface area (Å²) in [4.78, 5) is 0. The monoisotopic (exact) mass is 304 g/mol. The second-order valence-electron chi connectivity index (χ2n) is 8.16. The topological polar surface area (TPSA) is 0 Å². The molecule has 128 valence electrons. The third-order valence-corrected chi connectivity index (χ3v) is 7.01. The lowest BCUT2D eigenvalue weighted by Crippen LogP contribution is -2.35. The largest absolute Gasteiger partial charge is 0.0885 e. The molecule has 2 rings (SSSR count). The first-order chi connectivity index (χ1) is 10.7. The zero-order valence-corrected chi connectivity index (χ0v) is 15.7. The lowest BCUT2D eigenvalue weighted by molar-refractivity contribution is 0.0682. The Morgan fingerprint density at radius 2 is 1.59 bits per heavy atom. The van der Waals surface area contributed by atoms with E-state index in [4.69, 9.17) is 0 Å². The van der Waals surface area contributed by atoms with Gasteiger partial charge in [-0.25, -0.2) is 0 Å². The summed E-state index contributed by atoms with van der Waals surface area (Å²) in [5.74, 6) is 5.86. The minimum Gasteiger partial charge on any atom is -0.0885 e. The van der Waals surface area contributed by atoms with E-state index in [9.17, 15) is 0 Å². The third-order valence-electron chi connectivity index (χ3n) is 7.01. The van der Waals surface area contributed by atoms with Gasteiger partial charge in [-0.1, -0.05) is 72.0 Å².